The van der Waals surface area contributed by atoms with Crippen LogP contribution in [0.15, 0.2) is 23.6 Å². The third-order valence-corrected chi connectivity index (χ3v) is 2.98. The molecule has 0 radical (unpaired) electrons. The molecule has 0 fully saturated rings. The quantitative estimate of drug-likeness (QED) is 0.784. The van der Waals surface area contributed by atoms with Gasteiger partial charge in [-0.15, -0.1) is 11.3 Å². The van der Waals surface area contributed by atoms with E-state index in [0.29, 0.717) is 6.61 Å². The van der Waals surface area contributed by atoms with Crippen LogP contribution in [0.3, 0.4) is 0 Å². The predicted octanol–water partition coefficient (Wildman–Crippen LogP) is 2.69. The van der Waals surface area contributed by atoms with E-state index in [9.17, 15) is 4.79 Å². The normalized spacial score (nSPS) is 10.2. The van der Waals surface area contributed by atoms with Crippen molar-refractivity contribution in [2.24, 2.45) is 0 Å². The molecular weight excluding hydrogens is 236 g/mol. The minimum absolute atomic E-state index is 0.121. The number of ether oxygens (including phenoxy) is 1. The van der Waals surface area contributed by atoms with Crippen LogP contribution in [0.1, 0.15) is 23.2 Å². The minimum Gasteiger partial charge on any atom is -0.460 e. The lowest BCUT2D eigenvalue weighted by molar-refractivity contribution is 0.0512. The van der Waals surface area contributed by atoms with Crippen LogP contribution in [0.25, 0.3) is 10.6 Å². The fourth-order valence-corrected chi connectivity index (χ4v) is 2.09. The molecule has 2 aromatic heterocycles. The molecule has 0 unspecified atom stereocenters. The summed E-state index contributed by atoms with van der Waals surface area (Å²) in [7, 11) is 0. The lowest BCUT2D eigenvalue weighted by Crippen LogP contribution is -2.10. The van der Waals surface area contributed by atoms with Gasteiger partial charge < -0.3 is 4.74 Å². The predicted molar refractivity (Wildman–Crippen MR) is 66.0 cm³/mol. The molecule has 0 atom stereocenters. The maximum atomic E-state index is 11.6. The van der Waals surface area contributed by atoms with Crippen molar-refractivity contribution in [3.63, 3.8) is 0 Å². The summed E-state index contributed by atoms with van der Waals surface area (Å²) in [5, 5.41) is 1.97. The van der Waals surface area contributed by atoms with Crippen LogP contribution in [0.5, 0.6) is 0 Å². The smallest absolute Gasteiger partial charge is 0.376 e. The number of aromatic nitrogens is 2. The molecule has 17 heavy (non-hydrogen) atoms. The second-order valence-corrected chi connectivity index (χ2v) is 4.36. The van der Waals surface area contributed by atoms with Crippen molar-refractivity contribution in [2.75, 3.05) is 6.61 Å². The largest absolute Gasteiger partial charge is 0.460 e. The van der Waals surface area contributed by atoms with Gasteiger partial charge in [0, 0.05) is 5.69 Å². The van der Waals surface area contributed by atoms with E-state index in [1.54, 1.807) is 18.3 Å². The Morgan fingerprint density at radius 2 is 2.29 bits per heavy atom. The van der Waals surface area contributed by atoms with Gasteiger partial charge in [-0.3, -0.25) is 0 Å². The van der Waals surface area contributed by atoms with Gasteiger partial charge in [-0.25, -0.2) is 14.8 Å². The van der Waals surface area contributed by atoms with Crippen LogP contribution in [0.2, 0.25) is 0 Å². The summed E-state index contributed by atoms with van der Waals surface area (Å²) in [6.45, 7) is 3.92. The molecule has 0 N–H and O–H groups in total. The van der Waals surface area contributed by atoms with Gasteiger partial charge in [0.05, 0.1) is 17.2 Å². The van der Waals surface area contributed by atoms with Gasteiger partial charge in [0.25, 0.3) is 0 Å². The molecule has 88 valence electrons. The zero-order valence-corrected chi connectivity index (χ0v) is 10.5. The van der Waals surface area contributed by atoms with E-state index in [0.717, 1.165) is 16.3 Å². The van der Waals surface area contributed by atoms with E-state index >= 15 is 0 Å². The van der Waals surface area contributed by atoms with Gasteiger partial charge in [-0.2, -0.15) is 0 Å². The molecular formula is C12H12N2O2S. The van der Waals surface area contributed by atoms with Crippen molar-refractivity contribution in [3.05, 3.63) is 35.1 Å². The number of hydrogen-bond acceptors (Lipinski definition) is 5. The fraction of sp³-hybridized carbons (Fsp3) is 0.250. The molecule has 0 saturated heterocycles. The number of carbonyl (C=O) groups is 1. The Hall–Kier alpha value is -1.75. The van der Waals surface area contributed by atoms with Crippen molar-refractivity contribution < 1.29 is 9.53 Å². The summed E-state index contributed by atoms with van der Waals surface area (Å²) >= 11 is 1.58. The standard InChI is InChI=1S/C12H12N2O2S/c1-3-16-12(15)11-13-8(2)7-9(14-11)10-5-4-6-17-10/h4-7H,3H2,1-2H3. The average Bonchev–Trinajstić information content (AvgIpc) is 2.82. The molecule has 0 aliphatic heterocycles. The van der Waals surface area contributed by atoms with Crippen molar-refractivity contribution in [3.8, 4) is 10.6 Å². The highest BCUT2D eigenvalue weighted by atomic mass is 32.1. The van der Waals surface area contributed by atoms with E-state index in [1.807, 2.05) is 30.5 Å². The molecule has 0 aromatic carbocycles. The molecule has 5 heteroatoms. The van der Waals surface area contributed by atoms with Crippen LogP contribution < -0.4 is 0 Å². The fourth-order valence-electron chi connectivity index (χ4n) is 1.41. The van der Waals surface area contributed by atoms with Gasteiger partial charge in [-0.05, 0) is 31.4 Å². The number of aryl methyl sites for hydroxylation is 1. The second-order valence-electron chi connectivity index (χ2n) is 3.42. The molecule has 2 heterocycles. The highest BCUT2D eigenvalue weighted by Crippen LogP contribution is 2.23. The average molecular weight is 248 g/mol. The first-order valence-corrected chi connectivity index (χ1v) is 6.15. The number of carbonyl (C=O) groups excluding carboxylic acids is 1. The highest BCUT2D eigenvalue weighted by Gasteiger charge is 2.13. The van der Waals surface area contributed by atoms with Crippen LogP contribution in [0, 0.1) is 6.92 Å². The van der Waals surface area contributed by atoms with Crippen LogP contribution in [-0.4, -0.2) is 22.5 Å². The number of thiophene rings is 1. The van der Waals surface area contributed by atoms with E-state index in [2.05, 4.69) is 9.97 Å². The molecule has 0 bridgehead atoms. The Morgan fingerprint density at radius 3 is 2.94 bits per heavy atom. The summed E-state index contributed by atoms with van der Waals surface area (Å²) in [4.78, 5) is 20.9. The number of esters is 1. The SMILES string of the molecule is CCOC(=O)c1nc(C)cc(-c2cccs2)n1. The van der Waals surface area contributed by atoms with E-state index in [-0.39, 0.29) is 5.82 Å². The zero-order valence-electron chi connectivity index (χ0n) is 9.64. The molecule has 0 aliphatic rings. The first-order valence-electron chi connectivity index (χ1n) is 5.27. The number of rotatable bonds is 3. The summed E-state index contributed by atoms with van der Waals surface area (Å²) in [5.41, 5.74) is 1.52. The third kappa shape index (κ3) is 2.68. The van der Waals surface area contributed by atoms with Crippen molar-refractivity contribution >= 4 is 17.3 Å². The number of nitrogens with zero attached hydrogens (tertiary/aromatic N) is 2. The lowest BCUT2D eigenvalue weighted by atomic mass is 10.3. The summed E-state index contributed by atoms with van der Waals surface area (Å²) in [6, 6.07) is 5.76. The van der Waals surface area contributed by atoms with E-state index < -0.39 is 5.97 Å². The van der Waals surface area contributed by atoms with Crippen LogP contribution in [0.4, 0.5) is 0 Å². The van der Waals surface area contributed by atoms with Gasteiger partial charge >= 0.3 is 5.97 Å². The third-order valence-electron chi connectivity index (χ3n) is 2.09. The maximum absolute atomic E-state index is 11.6. The maximum Gasteiger partial charge on any atom is 0.376 e. The summed E-state index contributed by atoms with van der Waals surface area (Å²) in [6.07, 6.45) is 0. The molecule has 4 nitrogen and oxygen atoms in total. The number of hydrogen-bond donors (Lipinski definition) is 0. The van der Waals surface area contributed by atoms with Crippen molar-refractivity contribution in [2.45, 2.75) is 13.8 Å². The molecule has 0 aliphatic carbocycles. The van der Waals surface area contributed by atoms with Crippen LogP contribution >= 0.6 is 11.3 Å². The van der Waals surface area contributed by atoms with Gasteiger partial charge in [-0.1, -0.05) is 6.07 Å². The Balaban J connectivity index is 2.39. The highest BCUT2D eigenvalue weighted by molar-refractivity contribution is 7.13. The van der Waals surface area contributed by atoms with Crippen molar-refractivity contribution in [1.29, 1.82) is 0 Å². The Bertz CT molecular complexity index is 523. The molecule has 0 amide bonds. The Labute approximate surface area is 103 Å². The molecule has 2 aromatic rings. The van der Waals surface area contributed by atoms with E-state index in [1.165, 1.54) is 0 Å². The Kier molecular flexibility index (Phi) is 3.49. The topological polar surface area (TPSA) is 52.1 Å². The molecule has 2 rings (SSSR count). The van der Waals surface area contributed by atoms with Crippen LogP contribution in [-0.2, 0) is 4.74 Å². The minimum atomic E-state index is -0.478. The van der Waals surface area contributed by atoms with E-state index in [4.69, 9.17) is 4.74 Å². The summed E-state index contributed by atoms with van der Waals surface area (Å²) < 4.78 is 4.89. The van der Waals surface area contributed by atoms with Crippen molar-refractivity contribution in [1.82, 2.24) is 9.97 Å². The Morgan fingerprint density at radius 1 is 1.47 bits per heavy atom. The van der Waals surface area contributed by atoms with Gasteiger partial charge in [0.15, 0.2) is 0 Å². The summed E-state index contributed by atoms with van der Waals surface area (Å²) in [5.74, 6) is -0.357. The zero-order chi connectivity index (χ0) is 12.3. The molecule has 0 saturated carbocycles. The van der Waals surface area contributed by atoms with Gasteiger partial charge in [0.1, 0.15) is 0 Å². The first-order chi connectivity index (χ1) is 8.20. The van der Waals surface area contributed by atoms with Gasteiger partial charge in [0.2, 0.25) is 5.82 Å². The second kappa shape index (κ2) is 5.05. The monoisotopic (exact) mass is 248 g/mol. The first kappa shape index (κ1) is 11.7. The lowest BCUT2D eigenvalue weighted by Gasteiger charge is -2.04. The molecule has 0 spiro atoms.